The van der Waals surface area contributed by atoms with Crippen molar-refractivity contribution in [2.75, 3.05) is 6.61 Å². The summed E-state index contributed by atoms with van der Waals surface area (Å²) >= 11 is 0. The summed E-state index contributed by atoms with van der Waals surface area (Å²) in [4.78, 5) is 11.1. The van der Waals surface area contributed by atoms with Gasteiger partial charge in [0.2, 0.25) is 0 Å². The number of hydrogen-bond acceptors (Lipinski definition) is 4. The maximum Gasteiger partial charge on any atom is 0.342 e. The van der Waals surface area contributed by atoms with E-state index in [1.807, 2.05) is 0 Å². The predicted octanol–water partition coefficient (Wildman–Crippen LogP) is 1.22. The topological polar surface area (TPSA) is 70.7 Å². The zero-order chi connectivity index (χ0) is 11.3. The van der Waals surface area contributed by atoms with E-state index in [0.29, 0.717) is 0 Å². The van der Waals surface area contributed by atoms with Crippen LogP contribution < -0.4 is 5.63 Å². The first kappa shape index (κ1) is 11.3. The number of hydrogen-bond donors (Lipinski definition) is 2. The first-order chi connectivity index (χ1) is 7.15. The van der Waals surface area contributed by atoms with Gasteiger partial charge in [0.25, 0.3) is 0 Å². The number of allylic oxidation sites excluding steroid dienone is 2. The Hall–Kier alpha value is -1.81. The maximum absolute atomic E-state index is 11.1. The quantitative estimate of drug-likeness (QED) is 0.732. The molecule has 0 bridgehead atoms. The molecule has 1 aromatic rings. The van der Waals surface area contributed by atoms with Gasteiger partial charge in [0, 0.05) is 6.07 Å². The van der Waals surface area contributed by atoms with E-state index in [-0.39, 0.29) is 23.7 Å². The van der Waals surface area contributed by atoms with Crippen LogP contribution in [0, 0.1) is 6.92 Å². The Kier molecular flexibility index (Phi) is 3.88. The van der Waals surface area contributed by atoms with Gasteiger partial charge in [0.1, 0.15) is 11.5 Å². The van der Waals surface area contributed by atoms with Crippen molar-refractivity contribution in [3.05, 3.63) is 46.0 Å². The van der Waals surface area contributed by atoms with Crippen molar-refractivity contribution in [2.24, 2.45) is 0 Å². The van der Waals surface area contributed by atoms with Gasteiger partial charge in [-0.2, -0.15) is 0 Å². The predicted molar refractivity (Wildman–Crippen MR) is 56.6 cm³/mol. The van der Waals surface area contributed by atoms with Gasteiger partial charge in [0.05, 0.1) is 12.2 Å². The molecule has 0 saturated heterocycles. The van der Waals surface area contributed by atoms with Gasteiger partial charge < -0.3 is 14.6 Å². The SMILES string of the molecule is Cc1c(O)cc(/C=C/C=C/CO)oc1=O. The van der Waals surface area contributed by atoms with Gasteiger partial charge in [-0.05, 0) is 13.0 Å². The highest BCUT2D eigenvalue weighted by atomic mass is 16.4. The number of aromatic hydroxyl groups is 1. The van der Waals surface area contributed by atoms with Gasteiger partial charge >= 0.3 is 5.63 Å². The van der Waals surface area contributed by atoms with Crippen LogP contribution in [-0.4, -0.2) is 16.8 Å². The second-order valence-electron chi connectivity index (χ2n) is 2.92. The van der Waals surface area contributed by atoms with E-state index in [9.17, 15) is 9.90 Å². The highest BCUT2D eigenvalue weighted by Gasteiger charge is 2.03. The molecule has 0 saturated carbocycles. The molecule has 0 aliphatic carbocycles. The van der Waals surface area contributed by atoms with Gasteiger partial charge in [-0.1, -0.05) is 18.2 Å². The van der Waals surface area contributed by atoms with Crippen LogP contribution in [0.2, 0.25) is 0 Å². The Bertz CT molecular complexity index is 440. The lowest BCUT2D eigenvalue weighted by molar-refractivity contribution is 0.343. The third-order valence-electron chi connectivity index (χ3n) is 1.79. The highest BCUT2D eigenvalue weighted by molar-refractivity contribution is 5.48. The molecular weight excluding hydrogens is 196 g/mol. The molecule has 0 aliphatic rings. The summed E-state index contributed by atoms with van der Waals surface area (Å²) in [5.41, 5.74) is -0.362. The lowest BCUT2D eigenvalue weighted by atomic mass is 10.2. The van der Waals surface area contributed by atoms with Crippen molar-refractivity contribution in [2.45, 2.75) is 6.92 Å². The lowest BCUT2D eigenvalue weighted by Crippen LogP contribution is -2.03. The van der Waals surface area contributed by atoms with Crippen molar-refractivity contribution in [3.63, 3.8) is 0 Å². The van der Waals surface area contributed by atoms with E-state index in [0.717, 1.165) is 0 Å². The van der Waals surface area contributed by atoms with Crippen LogP contribution >= 0.6 is 0 Å². The molecule has 4 nitrogen and oxygen atoms in total. The van der Waals surface area contributed by atoms with Crippen molar-refractivity contribution >= 4 is 6.08 Å². The van der Waals surface area contributed by atoms with Gasteiger partial charge in [-0.3, -0.25) is 0 Å². The fourth-order valence-corrected chi connectivity index (χ4v) is 0.933. The number of aliphatic hydroxyl groups excluding tert-OH is 1. The summed E-state index contributed by atoms with van der Waals surface area (Å²) in [7, 11) is 0. The van der Waals surface area contributed by atoms with Crippen LogP contribution in [0.15, 0.2) is 33.5 Å². The zero-order valence-electron chi connectivity index (χ0n) is 8.30. The van der Waals surface area contributed by atoms with Crippen LogP contribution in [0.25, 0.3) is 6.08 Å². The molecule has 0 radical (unpaired) electrons. The first-order valence-electron chi connectivity index (χ1n) is 4.43. The third-order valence-corrected chi connectivity index (χ3v) is 1.79. The van der Waals surface area contributed by atoms with Crippen molar-refractivity contribution in [3.8, 4) is 5.75 Å². The molecule has 2 N–H and O–H groups in total. The van der Waals surface area contributed by atoms with Crippen LogP contribution in [0.4, 0.5) is 0 Å². The van der Waals surface area contributed by atoms with Gasteiger partial charge in [-0.15, -0.1) is 0 Å². The van der Waals surface area contributed by atoms with Gasteiger partial charge in [0.15, 0.2) is 0 Å². The standard InChI is InChI=1S/C11H12O4/c1-8-10(13)7-9(15-11(8)14)5-3-2-4-6-12/h2-5,7,12-13H,6H2,1H3/b4-2+,5-3+. The molecule has 1 rings (SSSR count). The smallest absolute Gasteiger partial charge is 0.342 e. The lowest BCUT2D eigenvalue weighted by Gasteiger charge is -1.97. The monoisotopic (exact) mass is 208 g/mol. The molecule has 0 unspecified atom stereocenters. The largest absolute Gasteiger partial charge is 0.507 e. The summed E-state index contributed by atoms with van der Waals surface area (Å²) < 4.78 is 4.87. The molecule has 0 fully saturated rings. The zero-order valence-corrected chi connectivity index (χ0v) is 8.30. The molecule has 1 heterocycles. The fourth-order valence-electron chi connectivity index (χ4n) is 0.933. The Labute approximate surface area is 86.8 Å². The summed E-state index contributed by atoms with van der Waals surface area (Å²) in [5, 5.41) is 17.8. The van der Waals surface area contributed by atoms with Crippen LogP contribution in [-0.2, 0) is 0 Å². The molecule has 80 valence electrons. The molecule has 4 heteroatoms. The number of aliphatic hydroxyl groups is 1. The molecule has 0 spiro atoms. The summed E-state index contributed by atoms with van der Waals surface area (Å²) in [6, 6.07) is 1.36. The molecule has 0 atom stereocenters. The van der Waals surface area contributed by atoms with E-state index in [1.54, 1.807) is 12.2 Å². The van der Waals surface area contributed by atoms with Crippen LogP contribution in [0.3, 0.4) is 0 Å². The van der Waals surface area contributed by atoms with Crippen LogP contribution in [0.1, 0.15) is 11.3 Å². The summed E-state index contributed by atoms with van der Waals surface area (Å²) in [5.74, 6) is 0.183. The highest BCUT2D eigenvalue weighted by Crippen LogP contribution is 2.14. The normalized spacial score (nSPS) is 11.6. The first-order valence-corrected chi connectivity index (χ1v) is 4.43. The Balaban J connectivity index is 2.93. The van der Waals surface area contributed by atoms with E-state index in [1.165, 1.54) is 25.1 Å². The van der Waals surface area contributed by atoms with Crippen molar-refractivity contribution in [1.82, 2.24) is 0 Å². The van der Waals surface area contributed by atoms with Crippen molar-refractivity contribution in [1.29, 1.82) is 0 Å². The third kappa shape index (κ3) is 3.11. The minimum Gasteiger partial charge on any atom is -0.507 e. The Morgan fingerprint density at radius 3 is 2.80 bits per heavy atom. The molecule has 15 heavy (non-hydrogen) atoms. The fraction of sp³-hybridized carbons (Fsp3) is 0.182. The maximum atomic E-state index is 11.1. The minimum atomic E-state index is -0.555. The Morgan fingerprint density at radius 2 is 2.20 bits per heavy atom. The van der Waals surface area contributed by atoms with E-state index in [4.69, 9.17) is 9.52 Å². The van der Waals surface area contributed by atoms with Gasteiger partial charge in [-0.25, -0.2) is 4.79 Å². The number of rotatable bonds is 3. The van der Waals surface area contributed by atoms with E-state index >= 15 is 0 Å². The molecule has 0 amide bonds. The molecule has 1 aromatic heterocycles. The molecular formula is C11H12O4. The van der Waals surface area contributed by atoms with Crippen LogP contribution in [0.5, 0.6) is 5.75 Å². The summed E-state index contributed by atoms with van der Waals surface area (Å²) in [6.07, 6.45) is 6.26. The van der Waals surface area contributed by atoms with Crippen molar-refractivity contribution < 1.29 is 14.6 Å². The average Bonchev–Trinajstić information content (AvgIpc) is 2.21. The molecule has 0 aromatic carbocycles. The molecule has 0 aliphatic heterocycles. The summed E-state index contributed by atoms with van der Waals surface area (Å²) in [6.45, 7) is 1.44. The minimum absolute atomic E-state index is 0.0482. The second-order valence-corrected chi connectivity index (χ2v) is 2.92. The second kappa shape index (κ2) is 5.17. The van der Waals surface area contributed by atoms with E-state index in [2.05, 4.69) is 0 Å². The Morgan fingerprint density at radius 1 is 1.47 bits per heavy atom. The van der Waals surface area contributed by atoms with E-state index < -0.39 is 5.63 Å². The average molecular weight is 208 g/mol.